The van der Waals surface area contributed by atoms with E-state index >= 15 is 0 Å². The Morgan fingerprint density at radius 2 is 2.05 bits per heavy atom. The zero-order chi connectivity index (χ0) is 15.2. The van der Waals surface area contributed by atoms with Gasteiger partial charge in [-0.1, -0.05) is 27.7 Å². The van der Waals surface area contributed by atoms with E-state index in [0.29, 0.717) is 5.92 Å². The number of hydrogen-bond donors (Lipinski definition) is 1. The summed E-state index contributed by atoms with van der Waals surface area (Å²) in [6.07, 6.45) is 6.26. The molecule has 1 saturated carbocycles. The zero-order valence-electron chi connectivity index (χ0n) is 14.1. The highest BCUT2D eigenvalue weighted by Gasteiger charge is 2.31. The number of aromatic nitrogens is 1. The fraction of sp³-hybridized carbons (Fsp3) is 0.824. The minimum absolute atomic E-state index is 0.566. The van der Waals surface area contributed by atoms with Crippen molar-refractivity contribution >= 4 is 16.5 Å². The van der Waals surface area contributed by atoms with Crippen molar-refractivity contribution in [2.75, 3.05) is 18.0 Å². The van der Waals surface area contributed by atoms with E-state index in [9.17, 15) is 0 Å². The lowest BCUT2D eigenvalue weighted by Crippen LogP contribution is -2.26. The normalized spacial score (nSPS) is 16.2. The molecule has 4 heteroatoms. The standard InChI is InChI=1S/C17H31N3S/c1-5-10-18-12-15-16(13(4)7-3)19-17(21-15)20(11-6-2)14-8-9-14/h13-14,18H,5-12H2,1-4H3. The van der Waals surface area contributed by atoms with Crippen molar-refractivity contribution in [3.8, 4) is 0 Å². The van der Waals surface area contributed by atoms with Gasteiger partial charge in [-0.25, -0.2) is 4.98 Å². The second kappa shape index (κ2) is 8.14. The van der Waals surface area contributed by atoms with Crippen molar-refractivity contribution in [1.29, 1.82) is 0 Å². The van der Waals surface area contributed by atoms with Crippen LogP contribution >= 0.6 is 11.3 Å². The van der Waals surface area contributed by atoms with Gasteiger partial charge in [0.2, 0.25) is 0 Å². The highest BCUT2D eigenvalue weighted by atomic mass is 32.1. The minimum Gasteiger partial charge on any atom is -0.345 e. The molecule has 1 aliphatic rings. The third-order valence-electron chi connectivity index (χ3n) is 4.21. The maximum absolute atomic E-state index is 5.04. The summed E-state index contributed by atoms with van der Waals surface area (Å²) in [5, 5.41) is 4.82. The van der Waals surface area contributed by atoms with Gasteiger partial charge in [0.05, 0.1) is 5.69 Å². The molecule has 0 aliphatic heterocycles. The summed E-state index contributed by atoms with van der Waals surface area (Å²) in [7, 11) is 0. The van der Waals surface area contributed by atoms with Crippen LogP contribution in [-0.2, 0) is 6.54 Å². The Hall–Kier alpha value is -0.610. The van der Waals surface area contributed by atoms with E-state index < -0.39 is 0 Å². The van der Waals surface area contributed by atoms with Crippen LogP contribution in [-0.4, -0.2) is 24.1 Å². The number of rotatable bonds is 10. The molecule has 1 aliphatic carbocycles. The Kier molecular flexibility index (Phi) is 6.49. The number of nitrogens with zero attached hydrogens (tertiary/aromatic N) is 2. The molecule has 120 valence electrons. The predicted octanol–water partition coefficient (Wildman–Crippen LogP) is 4.54. The lowest BCUT2D eigenvalue weighted by molar-refractivity contribution is 0.654. The Labute approximate surface area is 134 Å². The van der Waals surface area contributed by atoms with Crippen LogP contribution in [0.4, 0.5) is 5.13 Å². The van der Waals surface area contributed by atoms with Crippen LogP contribution in [0.1, 0.15) is 76.3 Å². The maximum atomic E-state index is 5.04. The van der Waals surface area contributed by atoms with Crippen molar-refractivity contribution in [3.05, 3.63) is 10.6 Å². The molecule has 1 fully saturated rings. The van der Waals surface area contributed by atoms with Crippen molar-refractivity contribution in [2.24, 2.45) is 0 Å². The molecule has 3 nitrogen and oxygen atoms in total. The maximum Gasteiger partial charge on any atom is 0.186 e. The molecule has 0 amide bonds. The van der Waals surface area contributed by atoms with Crippen LogP contribution in [0.25, 0.3) is 0 Å². The number of anilines is 1. The predicted molar refractivity (Wildman–Crippen MR) is 93.5 cm³/mol. The van der Waals surface area contributed by atoms with Gasteiger partial charge in [-0.15, -0.1) is 11.3 Å². The molecule has 0 radical (unpaired) electrons. The molecular weight excluding hydrogens is 278 g/mol. The van der Waals surface area contributed by atoms with Gasteiger partial charge in [-0.3, -0.25) is 0 Å². The summed E-state index contributed by atoms with van der Waals surface area (Å²) in [5.74, 6) is 0.566. The summed E-state index contributed by atoms with van der Waals surface area (Å²) in [6.45, 7) is 12.3. The molecule has 21 heavy (non-hydrogen) atoms. The Balaban J connectivity index is 2.17. The molecule has 1 aromatic heterocycles. The fourth-order valence-electron chi connectivity index (χ4n) is 2.62. The Morgan fingerprint density at radius 1 is 1.29 bits per heavy atom. The molecule has 1 N–H and O–H groups in total. The fourth-order valence-corrected chi connectivity index (χ4v) is 3.87. The minimum atomic E-state index is 0.566. The van der Waals surface area contributed by atoms with Crippen LogP contribution in [0, 0.1) is 0 Å². The van der Waals surface area contributed by atoms with Crippen molar-refractivity contribution in [3.63, 3.8) is 0 Å². The molecule has 2 rings (SSSR count). The molecule has 0 aromatic carbocycles. The average molecular weight is 310 g/mol. The van der Waals surface area contributed by atoms with Crippen LogP contribution in [0.5, 0.6) is 0 Å². The van der Waals surface area contributed by atoms with Crippen LogP contribution < -0.4 is 10.2 Å². The van der Waals surface area contributed by atoms with Gasteiger partial charge >= 0.3 is 0 Å². The summed E-state index contributed by atoms with van der Waals surface area (Å²) in [5.41, 5.74) is 1.34. The van der Waals surface area contributed by atoms with Crippen LogP contribution in [0.2, 0.25) is 0 Å². The second-order valence-corrected chi connectivity index (χ2v) is 7.28. The van der Waals surface area contributed by atoms with Gasteiger partial charge in [0.25, 0.3) is 0 Å². The van der Waals surface area contributed by atoms with E-state index in [-0.39, 0.29) is 0 Å². The molecule has 0 saturated heterocycles. The number of thiazole rings is 1. The third-order valence-corrected chi connectivity index (χ3v) is 5.31. The number of hydrogen-bond acceptors (Lipinski definition) is 4. The summed E-state index contributed by atoms with van der Waals surface area (Å²) in [6, 6.07) is 0.761. The van der Waals surface area contributed by atoms with Gasteiger partial charge in [-0.2, -0.15) is 0 Å². The SMILES string of the molecule is CCCNCc1sc(N(CCC)C2CC2)nc1C(C)CC. The van der Waals surface area contributed by atoms with Crippen molar-refractivity contribution in [1.82, 2.24) is 10.3 Å². The van der Waals surface area contributed by atoms with E-state index in [1.165, 1.54) is 47.8 Å². The lowest BCUT2D eigenvalue weighted by Gasteiger charge is -2.20. The molecule has 0 spiro atoms. The highest BCUT2D eigenvalue weighted by Crippen LogP contribution is 2.37. The van der Waals surface area contributed by atoms with Gasteiger partial charge in [0.15, 0.2) is 5.13 Å². The third kappa shape index (κ3) is 4.43. The van der Waals surface area contributed by atoms with E-state index in [0.717, 1.165) is 25.7 Å². The first-order chi connectivity index (χ1) is 10.2. The van der Waals surface area contributed by atoms with Crippen molar-refractivity contribution < 1.29 is 0 Å². The van der Waals surface area contributed by atoms with E-state index in [1.807, 2.05) is 11.3 Å². The largest absolute Gasteiger partial charge is 0.345 e. The average Bonchev–Trinajstić information content (AvgIpc) is 3.24. The van der Waals surface area contributed by atoms with Crippen LogP contribution in [0.3, 0.4) is 0 Å². The summed E-state index contributed by atoms with van der Waals surface area (Å²) < 4.78 is 0. The Bertz CT molecular complexity index is 426. The van der Waals surface area contributed by atoms with E-state index in [1.54, 1.807) is 0 Å². The lowest BCUT2D eigenvalue weighted by atomic mass is 10.0. The zero-order valence-corrected chi connectivity index (χ0v) is 14.9. The van der Waals surface area contributed by atoms with Gasteiger partial charge in [0, 0.05) is 24.0 Å². The second-order valence-electron chi connectivity index (χ2n) is 6.22. The van der Waals surface area contributed by atoms with Crippen molar-refractivity contribution in [2.45, 2.75) is 78.3 Å². The van der Waals surface area contributed by atoms with Crippen LogP contribution in [0.15, 0.2) is 0 Å². The monoisotopic (exact) mass is 309 g/mol. The summed E-state index contributed by atoms with van der Waals surface area (Å²) >= 11 is 1.92. The smallest absolute Gasteiger partial charge is 0.186 e. The molecule has 1 atom stereocenters. The van der Waals surface area contributed by atoms with Gasteiger partial charge < -0.3 is 10.2 Å². The Morgan fingerprint density at radius 3 is 2.62 bits per heavy atom. The quantitative estimate of drug-likeness (QED) is 0.643. The first kappa shape index (κ1) is 16.8. The molecule has 1 heterocycles. The molecule has 1 aromatic rings. The highest BCUT2D eigenvalue weighted by molar-refractivity contribution is 7.15. The first-order valence-corrected chi connectivity index (χ1v) is 9.49. The molecule has 0 bridgehead atoms. The first-order valence-electron chi connectivity index (χ1n) is 8.68. The van der Waals surface area contributed by atoms with Gasteiger partial charge in [-0.05, 0) is 44.6 Å². The van der Waals surface area contributed by atoms with Gasteiger partial charge in [0.1, 0.15) is 0 Å². The molecular formula is C17H31N3S. The van der Waals surface area contributed by atoms with E-state index in [2.05, 4.69) is 37.9 Å². The topological polar surface area (TPSA) is 28.2 Å². The molecule has 1 unspecified atom stereocenters. The summed E-state index contributed by atoms with van der Waals surface area (Å²) in [4.78, 5) is 9.05. The number of nitrogens with one attached hydrogen (secondary N) is 1. The van der Waals surface area contributed by atoms with E-state index in [4.69, 9.17) is 4.98 Å².